The van der Waals surface area contributed by atoms with Gasteiger partial charge in [0.05, 0.1) is 10.8 Å². The normalized spacial score (nSPS) is 13.8. The van der Waals surface area contributed by atoms with E-state index in [9.17, 15) is 0 Å². The first-order valence-electron chi connectivity index (χ1n) is 25.2. The van der Waals surface area contributed by atoms with Crippen molar-refractivity contribution in [3.63, 3.8) is 0 Å². The first-order chi connectivity index (χ1) is 35.7. The van der Waals surface area contributed by atoms with Crippen molar-refractivity contribution in [3.8, 4) is 44.5 Å². The summed E-state index contributed by atoms with van der Waals surface area (Å²) in [5.74, 6) is 0. The van der Waals surface area contributed by atoms with Crippen LogP contribution >= 0.6 is 0 Å². The van der Waals surface area contributed by atoms with Crippen molar-refractivity contribution < 1.29 is 0 Å². The predicted molar refractivity (Wildman–Crippen MR) is 302 cm³/mol. The van der Waals surface area contributed by atoms with E-state index in [0.717, 1.165) is 0 Å². The molecule has 334 valence electrons. The van der Waals surface area contributed by atoms with Gasteiger partial charge in [-0.15, -0.1) is 0 Å². The van der Waals surface area contributed by atoms with E-state index >= 15 is 0 Å². The van der Waals surface area contributed by atoms with Crippen LogP contribution in [0.5, 0.6) is 0 Å². The lowest BCUT2D eigenvalue weighted by Crippen LogP contribution is -2.28. The molecule has 0 saturated heterocycles. The van der Waals surface area contributed by atoms with Gasteiger partial charge in [-0.2, -0.15) is 0 Å². The molecule has 0 aliphatic heterocycles. The smallest absolute Gasteiger partial charge is 0.0622 e. The fourth-order valence-corrected chi connectivity index (χ4v) is 13.2. The Hall–Kier alpha value is -9.10. The van der Waals surface area contributed by atoms with Crippen LogP contribution in [0.4, 0.5) is 0 Å². The summed E-state index contributed by atoms with van der Waals surface area (Å²) < 4.78 is 0. The Morgan fingerprint density at radius 2 is 0.431 bits per heavy atom. The third kappa shape index (κ3) is 5.75. The lowest BCUT2D eigenvalue weighted by molar-refractivity contribution is 0.771. The highest BCUT2D eigenvalue weighted by atomic mass is 14.5. The topological polar surface area (TPSA) is 0 Å². The molecule has 0 saturated carbocycles. The van der Waals surface area contributed by atoms with Crippen LogP contribution in [0.3, 0.4) is 0 Å². The predicted octanol–water partition coefficient (Wildman–Crippen LogP) is 18.4. The quantitative estimate of drug-likeness (QED) is 0.133. The Bertz CT molecular complexity index is 3890. The van der Waals surface area contributed by atoms with Gasteiger partial charge in [0.1, 0.15) is 0 Å². The first kappa shape index (κ1) is 40.8. The van der Waals surface area contributed by atoms with Crippen molar-refractivity contribution in [2.24, 2.45) is 0 Å². The highest BCUT2D eigenvalue weighted by molar-refractivity contribution is 6.18. The fourth-order valence-electron chi connectivity index (χ4n) is 13.2. The van der Waals surface area contributed by atoms with Crippen LogP contribution in [0, 0.1) is 0 Å². The molecule has 2 aliphatic rings. The molecule has 13 aromatic carbocycles. The van der Waals surface area contributed by atoms with E-state index in [1.165, 1.54) is 132 Å². The maximum atomic E-state index is 2.48. The number of hydrogen-bond acceptors (Lipinski definition) is 0. The third-order valence-corrected chi connectivity index (χ3v) is 16.3. The minimum absolute atomic E-state index is 0.438. The average molecular weight is 911 g/mol. The van der Waals surface area contributed by atoms with Gasteiger partial charge < -0.3 is 0 Å². The van der Waals surface area contributed by atoms with Gasteiger partial charge in [-0.3, -0.25) is 0 Å². The van der Waals surface area contributed by atoms with Crippen LogP contribution < -0.4 is 0 Å². The van der Waals surface area contributed by atoms with Gasteiger partial charge in [-0.1, -0.05) is 255 Å². The molecule has 0 nitrogen and oxygen atoms in total. The zero-order valence-corrected chi connectivity index (χ0v) is 39.6. The maximum absolute atomic E-state index is 2.48. The van der Waals surface area contributed by atoms with Crippen LogP contribution in [0.1, 0.15) is 44.5 Å². The lowest BCUT2D eigenvalue weighted by Gasteiger charge is -2.34. The number of hydrogen-bond donors (Lipinski definition) is 0. The Morgan fingerprint density at radius 3 is 0.736 bits per heavy atom. The molecule has 72 heavy (non-hydrogen) atoms. The lowest BCUT2D eigenvalue weighted by atomic mass is 9.67. The molecule has 0 spiro atoms. The molecule has 2 aliphatic carbocycles. The summed E-state index contributed by atoms with van der Waals surface area (Å²) in [5, 5.41) is 10.6. The van der Waals surface area contributed by atoms with Gasteiger partial charge in [0.25, 0.3) is 0 Å². The minimum atomic E-state index is -0.438. The summed E-state index contributed by atoms with van der Waals surface area (Å²) in [7, 11) is 0. The van der Waals surface area contributed by atoms with Crippen molar-refractivity contribution in [3.05, 3.63) is 324 Å². The molecule has 0 fully saturated rings. The zero-order chi connectivity index (χ0) is 47.4. The van der Waals surface area contributed by atoms with Crippen LogP contribution in [0.2, 0.25) is 0 Å². The van der Waals surface area contributed by atoms with Gasteiger partial charge >= 0.3 is 0 Å². The maximum Gasteiger partial charge on any atom is 0.0714 e. The molecule has 0 amide bonds. The van der Waals surface area contributed by atoms with E-state index in [0.29, 0.717) is 0 Å². The van der Waals surface area contributed by atoms with E-state index in [4.69, 9.17) is 0 Å². The SMILES string of the molecule is c1ccc(C2(c3ccccc3)c3cccc4ccc5cc(-c6ccc(-c7ccc(-c8ccc(-c9cc%10c%11c(ccc%12cccc(c%12%11)C%10(c%10ccccc%10)c%10ccccc%10)c9)cc8)cc7)cc6)cc2c5c34)cc1. The number of rotatable bonds is 8. The molecule has 13 aromatic rings. The van der Waals surface area contributed by atoms with E-state index in [-0.39, 0.29) is 0 Å². The van der Waals surface area contributed by atoms with Crippen molar-refractivity contribution >= 4 is 43.1 Å². The molecule has 0 radical (unpaired) electrons. The molecule has 0 N–H and O–H groups in total. The number of benzene rings is 13. The largest absolute Gasteiger partial charge is 0.0714 e. The van der Waals surface area contributed by atoms with Crippen LogP contribution in [-0.4, -0.2) is 0 Å². The fraction of sp³-hybridized carbons (Fsp3) is 0.0278. The molecular formula is C72H46. The van der Waals surface area contributed by atoms with Gasteiger partial charge in [0.15, 0.2) is 0 Å². The molecular weight excluding hydrogens is 865 g/mol. The monoisotopic (exact) mass is 910 g/mol. The van der Waals surface area contributed by atoms with E-state index in [2.05, 4.69) is 279 Å². The summed E-state index contributed by atoms with van der Waals surface area (Å²) >= 11 is 0. The molecule has 0 atom stereocenters. The van der Waals surface area contributed by atoms with E-state index in [1.54, 1.807) is 0 Å². The van der Waals surface area contributed by atoms with Crippen LogP contribution in [0.15, 0.2) is 279 Å². The van der Waals surface area contributed by atoms with Gasteiger partial charge in [0.2, 0.25) is 0 Å². The second-order valence-electron chi connectivity index (χ2n) is 19.9. The Labute approximate surface area is 419 Å². The first-order valence-corrected chi connectivity index (χ1v) is 25.2. The van der Waals surface area contributed by atoms with E-state index < -0.39 is 10.8 Å². The minimum Gasteiger partial charge on any atom is -0.0622 e. The van der Waals surface area contributed by atoms with Crippen molar-refractivity contribution in [1.29, 1.82) is 0 Å². The molecule has 0 aromatic heterocycles. The summed E-state index contributed by atoms with van der Waals surface area (Å²) in [6, 6.07) is 105. The molecule has 0 bridgehead atoms. The van der Waals surface area contributed by atoms with Gasteiger partial charge in [-0.25, -0.2) is 0 Å². The highest BCUT2D eigenvalue weighted by Crippen LogP contribution is 2.58. The summed E-state index contributed by atoms with van der Waals surface area (Å²) in [6.45, 7) is 0. The summed E-state index contributed by atoms with van der Waals surface area (Å²) in [6.07, 6.45) is 0. The van der Waals surface area contributed by atoms with Crippen LogP contribution in [0.25, 0.3) is 87.6 Å². The third-order valence-electron chi connectivity index (χ3n) is 16.3. The second kappa shape index (κ2) is 15.7. The molecule has 15 rings (SSSR count). The van der Waals surface area contributed by atoms with Gasteiger partial charge in [0, 0.05) is 0 Å². The zero-order valence-electron chi connectivity index (χ0n) is 39.6. The second-order valence-corrected chi connectivity index (χ2v) is 19.9. The van der Waals surface area contributed by atoms with Crippen molar-refractivity contribution in [1.82, 2.24) is 0 Å². The van der Waals surface area contributed by atoms with Crippen molar-refractivity contribution in [2.45, 2.75) is 10.8 Å². The molecule has 0 heterocycles. The Kier molecular flexibility index (Phi) is 8.89. The Balaban J connectivity index is 0.759. The molecule has 0 unspecified atom stereocenters. The van der Waals surface area contributed by atoms with Crippen molar-refractivity contribution in [2.75, 3.05) is 0 Å². The standard InChI is InChI=1S/C72H46/c1-5-17-59(18-6-1)71(60-19-7-2-8-20-60)63-25-13-15-53-39-41-55-43-57(45-65(71)69(55)67(53)63)51-35-31-49(32-36-51)47-27-29-48(30-28-47)50-33-37-52(38-34-50)58-44-56-42-40-54-16-14-26-64-68(54)70(56)66(46-58)72(64,61-21-9-3-10-22-61)62-23-11-4-12-24-62/h1-46H. The Morgan fingerprint density at radius 1 is 0.167 bits per heavy atom. The average Bonchev–Trinajstić information content (AvgIpc) is 3.95. The highest BCUT2D eigenvalue weighted by Gasteiger charge is 2.46. The summed E-state index contributed by atoms with van der Waals surface area (Å²) in [5.41, 5.74) is 19.4. The van der Waals surface area contributed by atoms with Gasteiger partial charge in [-0.05, 0) is 156 Å². The van der Waals surface area contributed by atoms with Crippen LogP contribution in [-0.2, 0) is 10.8 Å². The van der Waals surface area contributed by atoms with E-state index in [1.807, 2.05) is 0 Å². The molecule has 0 heteroatoms. The summed E-state index contributed by atoms with van der Waals surface area (Å²) in [4.78, 5) is 0.